The maximum absolute atomic E-state index is 4.86. The van der Waals surface area contributed by atoms with Gasteiger partial charge >= 0.3 is 0 Å². The molecule has 0 saturated heterocycles. The van der Waals surface area contributed by atoms with E-state index in [0.29, 0.717) is 6.04 Å². The molecule has 1 aromatic rings. The normalized spacial score (nSPS) is 23.3. The van der Waals surface area contributed by atoms with Crippen molar-refractivity contribution in [3.05, 3.63) is 18.0 Å². The highest BCUT2D eigenvalue weighted by Crippen LogP contribution is 2.23. The summed E-state index contributed by atoms with van der Waals surface area (Å²) in [5, 5.41) is 11.3. The van der Waals surface area contributed by atoms with E-state index in [1.165, 1.54) is 31.2 Å². The molecule has 0 radical (unpaired) electrons. The highest BCUT2D eigenvalue weighted by atomic mass is 15.3. The van der Waals surface area contributed by atoms with Gasteiger partial charge in [0.25, 0.3) is 0 Å². The maximum atomic E-state index is 4.86. The molecule has 2 rings (SSSR count). The summed E-state index contributed by atoms with van der Waals surface area (Å²) >= 11 is 0. The van der Waals surface area contributed by atoms with Crippen LogP contribution in [0.2, 0.25) is 0 Å². The lowest BCUT2D eigenvalue weighted by molar-refractivity contribution is 0.304. The number of aliphatic imine (C=N–C) groups is 1. The van der Waals surface area contributed by atoms with E-state index in [0.717, 1.165) is 25.0 Å². The highest BCUT2D eigenvalue weighted by molar-refractivity contribution is 5.80. The first-order valence-corrected chi connectivity index (χ1v) is 9.19. The first-order chi connectivity index (χ1) is 11.5. The van der Waals surface area contributed by atoms with Crippen LogP contribution in [0, 0.1) is 5.92 Å². The Balaban J connectivity index is 2.02. The smallest absolute Gasteiger partial charge is 0.191 e. The number of hydrogen-bond acceptors (Lipinski definition) is 3. The average Bonchev–Trinajstić information content (AvgIpc) is 2.93. The van der Waals surface area contributed by atoms with E-state index in [4.69, 9.17) is 4.99 Å². The third kappa shape index (κ3) is 5.51. The number of hydrogen-bond donors (Lipinski definition) is 2. The van der Waals surface area contributed by atoms with Crippen LogP contribution in [0.4, 0.5) is 0 Å². The molecule has 6 heteroatoms. The van der Waals surface area contributed by atoms with Crippen LogP contribution in [0.5, 0.6) is 0 Å². The fourth-order valence-electron chi connectivity index (χ4n) is 3.44. The van der Waals surface area contributed by atoms with Gasteiger partial charge in [-0.3, -0.25) is 9.67 Å². The van der Waals surface area contributed by atoms with Crippen molar-refractivity contribution < 1.29 is 0 Å². The minimum Gasteiger partial charge on any atom is -0.357 e. The molecule has 136 valence electrons. The number of nitrogens with zero attached hydrogens (tertiary/aromatic N) is 4. The Hall–Kier alpha value is -1.56. The number of guanidine groups is 1. The van der Waals surface area contributed by atoms with Gasteiger partial charge in [-0.05, 0) is 39.8 Å². The summed E-state index contributed by atoms with van der Waals surface area (Å²) in [5.74, 6) is 1.75. The fourth-order valence-corrected chi connectivity index (χ4v) is 3.44. The zero-order valence-electron chi connectivity index (χ0n) is 15.9. The van der Waals surface area contributed by atoms with Gasteiger partial charge in [-0.15, -0.1) is 0 Å². The van der Waals surface area contributed by atoms with E-state index in [2.05, 4.69) is 54.8 Å². The molecule has 24 heavy (non-hydrogen) atoms. The maximum Gasteiger partial charge on any atom is 0.191 e. The van der Waals surface area contributed by atoms with Crippen molar-refractivity contribution in [1.82, 2.24) is 25.3 Å². The molecule has 1 aliphatic carbocycles. The van der Waals surface area contributed by atoms with E-state index in [1.54, 1.807) is 0 Å². The Bertz CT molecular complexity index is 521. The predicted octanol–water partition coefficient (Wildman–Crippen LogP) is 2.16. The molecule has 0 amide bonds. The van der Waals surface area contributed by atoms with Gasteiger partial charge < -0.3 is 15.5 Å². The largest absolute Gasteiger partial charge is 0.357 e. The lowest BCUT2D eigenvalue weighted by atomic mass is 9.87. The van der Waals surface area contributed by atoms with Crippen molar-refractivity contribution in [2.75, 3.05) is 27.2 Å². The van der Waals surface area contributed by atoms with E-state index in [1.807, 2.05) is 17.9 Å². The summed E-state index contributed by atoms with van der Waals surface area (Å²) in [6.07, 6.45) is 9.16. The molecule has 1 saturated carbocycles. The van der Waals surface area contributed by atoms with Crippen LogP contribution in [-0.2, 0) is 7.05 Å². The second kappa shape index (κ2) is 9.06. The number of nitrogens with one attached hydrogen (secondary N) is 2. The van der Waals surface area contributed by atoms with E-state index < -0.39 is 0 Å². The zero-order valence-corrected chi connectivity index (χ0v) is 15.9. The van der Waals surface area contributed by atoms with Crippen molar-refractivity contribution in [2.24, 2.45) is 18.0 Å². The van der Waals surface area contributed by atoms with E-state index >= 15 is 0 Å². The summed E-state index contributed by atoms with van der Waals surface area (Å²) in [6.45, 7) is 6.07. The standard InChI is InChI=1S/C18H34N6/c1-6-19-18(22-16-9-7-8-14(2)10-16)20-12-17(23(3)4)15-11-21-24(5)13-15/h11,13-14,16-17H,6-10,12H2,1-5H3,(H2,19,20,22). The first-order valence-electron chi connectivity index (χ1n) is 9.19. The summed E-state index contributed by atoms with van der Waals surface area (Å²) in [7, 11) is 6.14. The molecular formula is C18H34N6. The number of aryl methyl sites for hydroxylation is 1. The second-order valence-corrected chi connectivity index (χ2v) is 7.26. The first kappa shape index (κ1) is 18.8. The summed E-state index contributed by atoms with van der Waals surface area (Å²) in [4.78, 5) is 7.06. The molecule has 3 atom stereocenters. The molecule has 0 spiro atoms. The van der Waals surface area contributed by atoms with E-state index in [-0.39, 0.29) is 6.04 Å². The van der Waals surface area contributed by atoms with Gasteiger partial charge in [-0.2, -0.15) is 5.10 Å². The third-order valence-corrected chi connectivity index (χ3v) is 4.78. The Kier molecular flexibility index (Phi) is 7.09. The van der Waals surface area contributed by atoms with Crippen LogP contribution in [0.1, 0.15) is 51.1 Å². The zero-order chi connectivity index (χ0) is 17.5. The van der Waals surface area contributed by atoms with Crippen LogP contribution in [-0.4, -0.2) is 53.9 Å². The van der Waals surface area contributed by atoms with Crippen LogP contribution in [0.25, 0.3) is 0 Å². The fraction of sp³-hybridized carbons (Fsp3) is 0.778. The molecule has 6 nitrogen and oxygen atoms in total. The quantitative estimate of drug-likeness (QED) is 0.618. The monoisotopic (exact) mass is 334 g/mol. The molecule has 3 unspecified atom stereocenters. The SMILES string of the molecule is CCNC(=NCC(c1cnn(C)c1)N(C)C)NC1CCCC(C)C1. The minimum absolute atomic E-state index is 0.236. The van der Waals surface area contributed by atoms with Crippen LogP contribution < -0.4 is 10.6 Å². The van der Waals surface area contributed by atoms with Gasteiger partial charge in [0.15, 0.2) is 5.96 Å². The molecule has 2 N–H and O–H groups in total. The molecule has 0 aromatic carbocycles. The Morgan fingerprint density at radius 1 is 1.46 bits per heavy atom. The Labute approximate surface area is 146 Å². The topological polar surface area (TPSA) is 57.5 Å². The summed E-state index contributed by atoms with van der Waals surface area (Å²) in [5.41, 5.74) is 1.20. The summed E-state index contributed by atoms with van der Waals surface area (Å²) < 4.78 is 1.85. The molecule has 1 aliphatic rings. The molecular weight excluding hydrogens is 300 g/mol. The lowest BCUT2D eigenvalue weighted by Gasteiger charge is -2.29. The minimum atomic E-state index is 0.236. The Morgan fingerprint density at radius 3 is 2.83 bits per heavy atom. The lowest BCUT2D eigenvalue weighted by Crippen LogP contribution is -2.45. The van der Waals surface area contributed by atoms with Crippen molar-refractivity contribution in [2.45, 2.75) is 51.6 Å². The molecule has 1 heterocycles. The second-order valence-electron chi connectivity index (χ2n) is 7.26. The van der Waals surface area contributed by atoms with Crippen molar-refractivity contribution in [1.29, 1.82) is 0 Å². The summed E-state index contributed by atoms with van der Waals surface area (Å²) in [6, 6.07) is 0.780. The van der Waals surface area contributed by atoms with Crippen molar-refractivity contribution in [3.8, 4) is 0 Å². The number of likely N-dealkylation sites (N-methyl/N-ethyl adjacent to an activating group) is 1. The van der Waals surface area contributed by atoms with Crippen molar-refractivity contribution in [3.63, 3.8) is 0 Å². The van der Waals surface area contributed by atoms with Gasteiger partial charge in [0.2, 0.25) is 0 Å². The van der Waals surface area contributed by atoms with Crippen molar-refractivity contribution >= 4 is 5.96 Å². The number of aromatic nitrogens is 2. The van der Waals surface area contributed by atoms with Crippen LogP contribution in [0.3, 0.4) is 0 Å². The molecule has 1 aromatic heterocycles. The Morgan fingerprint density at radius 2 is 2.25 bits per heavy atom. The van der Waals surface area contributed by atoms with Gasteiger partial charge in [0.1, 0.15) is 0 Å². The molecule has 0 aliphatic heterocycles. The number of rotatable bonds is 6. The predicted molar refractivity (Wildman–Crippen MR) is 100 cm³/mol. The van der Waals surface area contributed by atoms with Gasteiger partial charge in [-0.25, -0.2) is 0 Å². The van der Waals surface area contributed by atoms with E-state index in [9.17, 15) is 0 Å². The molecule has 1 fully saturated rings. The highest BCUT2D eigenvalue weighted by Gasteiger charge is 2.20. The van der Waals surface area contributed by atoms with Crippen LogP contribution in [0.15, 0.2) is 17.4 Å². The third-order valence-electron chi connectivity index (χ3n) is 4.78. The van der Waals surface area contributed by atoms with Gasteiger partial charge in [0.05, 0.1) is 18.8 Å². The average molecular weight is 335 g/mol. The van der Waals surface area contributed by atoms with Gasteiger partial charge in [0, 0.05) is 31.4 Å². The van der Waals surface area contributed by atoms with Gasteiger partial charge in [-0.1, -0.05) is 19.8 Å². The van der Waals surface area contributed by atoms with Crippen LogP contribution >= 0.6 is 0 Å². The molecule has 0 bridgehead atoms.